The van der Waals surface area contributed by atoms with Gasteiger partial charge in [-0.3, -0.25) is 0 Å². The molecule has 25 heavy (non-hydrogen) atoms. The summed E-state index contributed by atoms with van der Waals surface area (Å²) >= 11 is 6.09. The first-order chi connectivity index (χ1) is 11.7. The Labute approximate surface area is 158 Å². The molecule has 2 fully saturated rings. The molecule has 2 aliphatic carbocycles. The Balaban J connectivity index is 1.83. The number of fused-ring (bicyclic) bond motifs is 2. The van der Waals surface area contributed by atoms with Crippen LogP contribution in [0.4, 0.5) is 0 Å². The van der Waals surface area contributed by atoms with E-state index in [0.29, 0.717) is 5.41 Å². The summed E-state index contributed by atoms with van der Waals surface area (Å²) in [6.07, 6.45) is 5.93. The molecule has 2 bridgehead atoms. The van der Waals surface area contributed by atoms with Crippen LogP contribution in [0.25, 0.3) is 0 Å². The van der Waals surface area contributed by atoms with Gasteiger partial charge in [-0.05, 0) is 75.4 Å². The topological polar surface area (TPSA) is 12.5 Å². The summed E-state index contributed by atoms with van der Waals surface area (Å²) in [5, 5.41) is 0.809. The molecule has 0 N–H and O–H groups in total. The van der Waals surface area contributed by atoms with Gasteiger partial charge in [0.2, 0.25) is 0 Å². The van der Waals surface area contributed by atoms with Crippen molar-refractivity contribution in [2.45, 2.75) is 58.5 Å². The maximum Gasteiger partial charge on any atom is 0.0783 e. The van der Waals surface area contributed by atoms with Crippen LogP contribution >= 0.6 is 11.6 Å². The van der Waals surface area contributed by atoms with Crippen LogP contribution in [0.2, 0.25) is 5.02 Å². The van der Waals surface area contributed by atoms with Crippen molar-refractivity contribution in [2.75, 3.05) is 27.2 Å². The first kappa shape index (κ1) is 19.2. The Bertz CT molecular complexity index is 597. The zero-order valence-corrected chi connectivity index (χ0v) is 17.3. The van der Waals surface area contributed by atoms with Gasteiger partial charge in [0.05, 0.1) is 5.60 Å². The van der Waals surface area contributed by atoms with E-state index in [0.717, 1.165) is 36.9 Å². The molecule has 2 saturated carbocycles. The highest BCUT2D eigenvalue weighted by Gasteiger charge is 2.69. The van der Waals surface area contributed by atoms with Crippen LogP contribution in [0.5, 0.6) is 0 Å². The van der Waals surface area contributed by atoms with Gasteiger partial charge in [-0.15, -0.1) is 0 Å². The second-order valence-electron chi connectivity index (χ2n) is 9.30. The predicted molar refractivity (Wildman–Crippen MR) is 106 cm³/mol. The minimum atomic E-state index is -0.0421. The van der Waals surface area contributed by atoms with E-state index in [1.807, 2.05) is 12.1 Å². The summed E-state index contributed by atoms with van der Waals surface area (Å²) in [6.45, 7) is 9.36. The Kier molecular flexibility index (Phi) is 5.27. The van der Waals surface area contributed by atoms with Crippen molar-refractivity contribution in [2.24, 2.45) is 16.7 Å². The van der Waals surface area contributed by atoms with Gasteiger partial charge in [-0.1, -0.05) is 44.5 Å². The summed E-state index contributed by atoms with van der Waals surface area (Å²) in [5.74, 6) is 0.777. The lowest BCUT2D eigenvalue weighted by Gasteiger charge is -2.49. The van der Waals surface area contributed by atoms with Crippen molar-refractivity contribution < 1.29 is 4.74 Å². The van der Waals surface area contributed by atoms with E-state index in [9.17, 15) is 0 Å². The zero-order valence-electron chi connectivity index (χ0n) is 16.6. The monoisotopic (exact) mass is 363 g/mol. The molecule has 3 rings (SSSR count). The molecule has 0 aromatic heterocycles. The Morgan fingerprint density at radius 3 is 2.36 bits per heavy atom. The first-order valence-corrected chi connectivity index (χ1v) is 10.1. The van der Waals surface area contributed by atoms with Crippen LogP contribution in [0, 0.1) is 16.7 Å². The third-order valence-corrected chi connectivity index (χ3v) is 7.80. The molecule has 3 heteroatoms. The fourth-order valence-electron chi connectivity index (χ4n) is 5.51. The van der Waals surface area contributed by atoms with E-state index in [1.54, 1.807) is 0 Å². The SMILES string of the molecule is CN(C)CCCOC1(Cc2ccc(Cl)cc2)CC2CCC1(C)C2(C)C. The van der Waals surface area contributed by atoms with E-state index in [-0.39, 0.29) is 11.0 Å². The molecule has 3 unspecified atom stereocenters. The van der Waals surface area contributed by atoms with Crippen molar-refractivity contribution in [3.05, 3.63) is 34.9 Å². The quantitative estimate of drug-likeness (QED) is 0.598. The van der Waals surface area contributed by atoms with Crippen LogP contribution in [0.15, 0.2) is 24.3 Å². The smallest absolute Gasteiger partial charge is 0.0783 e. The minimum Gasteiger partial charge on any atom is -0.374 e. The molecule has 0 spiro atoms. The van der Waals surface area contributed by atoms with Crippen LogP contribution < -0.4 is 0 Å². The van der Waals surface area contributed by atoms with Crippen LogP contribution in [0.3, 0.4) is 0 Å². The molecular formula is C22H34ClNO. The highest BCUT2D eigenvalue weighted by atomic mass is 35.5. The molecule has 2 aliphatic rings. The number of benzene rings is 1. The molecule has 0 heterocycles. The van der Waals surface area contributed by atoms with Crippen LogP contribution in [-0.4, -0.2) is 37.7 Å². The standard InChI is InChI=1S/C22H34ClNO/c1-20(2)18-11-12-21(20,3)22(16-18,25-14-6-13-24(4)5)15-17-7-9-19(23)10-8-17/h7-10,18H,6,11-16H2,1-5H3. The number of rotatable bonds is 7. The molecule has 0 radical (unpaired) electrons. The Morgan fingerprint density at radius 2 is 1.84 bits per heavy atom. The van der Waals surface area contributed by atoms with E-state index >= 15 is 0 Å². The second kappa shape index (κ2) is 6.87. The van der Waals surface area contributed by atoms with Gasteiger partial charge in [-0.25, -0.2) is 0 Å². The molecule has 1 aromatic carbocycles. The van der Waals surface area contributed by atoms with Crippen molar-refractivity contribution in [1.29, 1.82) is 0 Å². The number of halogens is 1. The molecule has 0 aliphatic heterocycles. The maximum atomic E-state index is 6.79. The van der Waals surface area contributed by atoms with Crippen molar-refractivity contribution in [3.8, 4) is 0 Å². The van der Waals surface area contributed by atoms with Gasteiger partial charge in [0.1, 0.15) is 0 Å². The van der Waals surface area contributed by atoms with E-state index in [1.165, 1.54) is 24.8 Å². The average Bonchev–Trinajstić information content (AvgIpc) is 2.86. The number of hydrogen-bond acceptors (Lipinski definition) is 2. The summed E-state index contributed by atoms with van der Waals surface area (Å²) in [7, 11) is 4.26. The summed E-state index contributed by atoms with van der Waals surface area (Å²) in [6, 6.07) is 8.37. The molecule has 1 aromatic rings. The van der Waals surface area contributed by atoms with Gasteiger partial charge in [0, 0.05) is 23.5 Å². The number of nitrogens with zero attached hydrogens (tertiary/aromatic N) is 1. The second-order valence-corrected chi connectivity index (χ2v) is 9.73. The summed E-state index contributed by atoms with van der Waals surface area (Å²) in [5.41, 5.74) is 1.89. The fraction of sp³-hybridized carbons (Fsp3) is 0.727. The molecule has 0 amide bonds. The molecule has 3 atom stereocenters. The van der Waals surface area contributed by atoms with Gasteiger partial charge >= 0.3 is 0 Å². The van der Waals surface area contributed by atoms with Crippen LogP contribution in [0.1, 0.15) is 52.0 Å². The maximum absolute atomic E-state index is 6.79. The molecule has 140 valence electrons. The largest absolute Gasteiger partial charge is 0.374 e. The lowest BCUT2D eigenvalue weighted by molar-refractivity contribution is -0.139. The van der Waals surface area contributed by atoms with E-state index < -0.39 is 0 Å². The number of ether oxygens (including phenoxy) is 1. The van der Waals surface area contributed by atoms with E-state index in [2.05, 4.69) is 51.9 Å². The summed E-state index contributed by atoms with van der Waals surface area (Å²) in [4.78, 5) is 2.24. The van der Waals surface area contributed by atoms with Crippen LogP contribution in [-0.2, 0) is 11.2 Å². The van der Waals surface area contributed by atoms with Gasteiger partial charge in [0.25, 0.3) is 0 Å². The highest BCUT2D eigenvalue weighted by molar-refractivity contribution is 6.30. The first-order valence-electron chi connectivity index (χ1n) is 9.73. The molecule has 0 saturated heterocycles. The minimum absolute atomic E-state index is 0.0421. The third kappa shape index (κ3) is 3.26. The van der Waals surface area contributed by atoms with Gasteiger partial charge in [-0.2, -0.15) is 0 Å². The molecule has 2 nitrogen and oxygen atoms in total. The van der Waals surface area contributed by atoms with Gasteiger partial charge < -0.3 is 9.64 Å². The zero-order chi connectivity index (χ0) is 18.3. The third-order valence-electron chi connectivity index (χ3n) is 7.55. The summed E-state index contributed by atoms with van der Waals surface area (Å²) < 4.78 is 6.79. The van der Waals surface area contributed by atoms with Crippen molar-refractivity contribution in [1.82, 2.24) is 4.90 Å². The van der Waals surface area contributed by atoms with E-state index in [4.69, 9.17) is 16.3 Å². The Hall–Kier alpha value is -0.570. The van der Waals surface area contributed by atoms with Crippen molar-refractivity contribution in [3.63, 3.8) is 0 Å². The number of hydrogen-bond donors (Lipinski definition) is 0. The van der Waals surface area contributed by atoms with Crippen molar-refractivity contribution >= 4 is 11.6 Å². The average molecular weight is 364 g/mol. The Morgan fingerprint density at radius 1 is 1.16 bits per heavy atom. The van der Waals surface area contributed by atoms with Gasteiger partial charge in [0.15, 0.2) is 0 Å². The predicted octanol–water partition coefficient (Wildman–Crippen LogP) is 5.44. The molecular weight excluding hydrogens is 330 g/mol. The fourth-order valence-corrected chi connectivity index (χ4v) is 5.63. The highest BCUT2D eigenvalue weighted by Crippen LogP contribution is 2.71. The normalized spacial score (nSPS) is 33.3. The lowest BCUT2D eigenvalue weighted by Crippen LogP contribution is -2.51. The lowest BCUT2D eigenvalue weighted by atomic mass is 9.62.